The summed E-state index contributed by atoms with van der Waals surface area (Å²) in [7, 11) is 1.45. The summed E-state index contributed by atoms with van der Waals surface area (Å²) in [4.78, 5) is 42.3. The molecule has 0 bridgehead atoms. The summed E-state index contributed by atoms with van der Waals surface area (Å²) < 4.78 is 50.6. The fourth-order valence-corrected chi connectivity index (χ4v) is 5.26. The number of amides is 3. The van der Waals surface area contributed by atoms with E-state index in [1.54, 1.807) is 25.1 Å². The van der Waals surface area contributed by atoms with Gasteiger partial charge in [-0.3, -0.25) is 14.4 Å². The highest BCUT2D eigenvalue weighted by atomic mass is 19.4. The van der Waals surface area contributed by atoms with Crippen LogP contribution in [0.1, 0.15) is 68.8 Å². The van der Waals surface area contributed by atoms with E-state index in [0.717, 1.165) is 12.0 Å². The second-order valence-corrected chi connectivity index (χ2v) is 12.1. The Morgan fingerprint density at radius 1 is 1.13 bits per heavy atom. The van der Waals surface area contributed by atoms with Gasteiger partial charge in [-0.25, -0.2) is 0 Å². The molecule has 0 fully saturated rings. The molecule has 0 saturated heterocycles. The number of nitrogens with zero attached hydrogens (tertiary/aromatic N) is 2. The topological polar surface area (TPSA) is 108 Å². The molecule has 4 atom stereocenters. The number of aliphatic hydroxyl groups excluding tert-OH is 1. The number of carbonyl (C=O) groups is 3. The largest absolute Gasteiger partial charge is 0.490 e. The van der Waals surface area contributed by atoms with E-state index in [0.29, 0.717) is 30.9 Å². The average Bonchev–Trinajstić information content (AvgIpc) is 3.01. The van der Waals surface area contributed by atoms with E-state index in [2.05, 4.69) is 5.32 Å². The third-order valence-corrected chi connectivity index (χ3v) is 8.04. The van der Waals surface area contributed by atoms with Crippen LogP contribution in [0.2, 0.25) is 0 Å². The van der Waals surface area contributed by atoms with Crippen molar-refractivity contribution < 1.29 is 42.1 Å². The summed E-state index contributed by atoms with van der Waals surface area (Å²) in [6.45, 7) is 5.63. The highest BCUT2D eigenvalue weighted by molar-refractivity contribution is 6.00. The van der Waals surface area contributed by atoms with Gasteiger partial charge in [0.2, 0.25) is 11.8 Å². The fourth-order valence-electron chi connectivity index (χ4n) is 5.26. The summed E-state index contributed by atoms with van der Waals surface area (Å²) in [6.07, 6.45) is -4.87. The maximum Gasteiger partial charge on any atom is 0.389 e. The molecule has 0 spiro atoms. The molecular weight excluding hydrogens is 603 g/mol. The van der Waals surface area contributed by atoms with Gasteiger partial charge in [0.1, 0.15) is 5.75 Å². The Morgan fingerprint density at radius 3 is 2.52 bits per heavy atom. The third-order valence-electron chi connectivity index (χ3n) is 8.04. The first-order chi connectivity index (χ1) is 21.8. The minimum absolute atomic E-state index is 0.0427. The van der Waals surface area contributed by atoms with Gasteiger partial charge in [-0.2, -0.15) is 13.2 Å². The van der Waals surface area contributed by atoms with Gasteiger partial charge in [0, 0.05) is 44.8 Å². The van der Waals surface area contributed by atoms with Crippen molar-refractivity contribution in [2.45, 2.75) is 83.7 Å². The summed E-state index contributed by atoms with van der Waals surface area (Å²) in [6, 6.07) is 13.6. The molecule has 1 heterocycles. The van der Waals surface area contributed by atoms with Gasteiger partial charge < -0.3 is 29.7 Å². The highest BCUT2D eigenvalue weighted by Gasteiger charge is 2.32. The van der Waals surface area contributed by atoms with Gasteiger partial charge in [-0.05, 0) is 56.9 Å². The predicted molar refractivity (Wildman–Crippen MR) is 169 cm³/mol. The van der Waals surface area contributed by atoms with E-state index < -0.39 is 43.0 Å². The number of rotatable bonds is 9. The van der Waals surface area contributed by atoms with Crippen molar-refractivity contribution in [2.75, 3.05) is 38.7 Å². The summed E-state index contributed by atoms with van der Waals surface area (Å²) in [5, 5.41) is 13.0. The molecule has 46 heavy (non-hydrogen) atoms. The smallest absolute Gasteiger partial charge is 0.389 e. The van der Waals surface area contributed by atoms with Gasteiger partial charge in [0.15, 0.2) is 0 Å². The summed E-state index contributed by atoms with van der Waals surface area (Å²) in [5.74, 6) is -1.35. The SMILES string of the molecule is C[C@@H]1CCCCO[C@H](CN(C)C(=O)CCC(F)(F)F)[C@@H](C)CN([C@H](C)CO)C(=O)c2cc(NC(=O)Cc3ccccc3)ccc2O1. The first kappa shape index (κ1) is 36.8. The molecule has 1 aliphatic heterocycles. The number of nitrogens with one attached hydrogen (secondary N) is 1. The summed E-state index contributed by atoms with van der Waals surface area (Å²) in [5.41, 5.74) is 1.47. The zero-order valence-electron chi connectivity index (χ0n) is 27.0. The molecule has 1 aliphatic rings. The second-order valence-electron chi connectivity index (χ2n) is 12.1. The number of benzene rings is 2. The van der Waals surface area contributed by atoms with Gasteiger partial charge in [0.25, 0.3) is 5.91 Å². The third kappa shape index (κ3) is 11.6. The molecule has 0 aliphatic carbocycles. The maximum atomic E-state index is 14.2. The molecule has 0 unspecified atom stereocenters. The van der Waals surface area contributed by atoms with Gasteiger partial charge >= 0.3 is 6.18 Å². The highest BCUT2D eigenvalue weighted by Crippen LogP contribution is 2.29. The van der Waals surface area contributed by atoms with E-state index in [4.69, 9.17) is 9.47 Å². The molecule has 0 aromatic heterocycles. The summed E-state index contributed by atoms with van der Waals surface area (Å²) >= 11 is 0. The van der Waals surface area contributed by atoms with Gasteiger partial charge in [0.05, 0.1) is 43.3 Å². The molecule has 254 valence electrons. The number of carbonyl (C=O) groups excluding carboxylic acids is 3. The lowest BCUT2D eigenvalue weighted by atomic mass is 10.0. The van der Waals surface area contributed by atoms with Gasteiger partial charge in [-0.15, -0.1) is 0 Å². The monoisotopic (exact) mass is 649 g/mol. The van der Waals surface area contributed by atoms with Crippen LogP contribution in [-0.4, -0.2) is 90.4 Å². The number of hydrogen-bond donors (Lipinski definition) is 2. The normalized spacial score (nSPS) is 20.6. The van der Waals surface area contributed by atoms with Crippen LogP contribution in [0.4, 0.5) is 18.9 Å². The zero-order valence-corrected chi connectivity index (χ0v) is 27.0. The zero-order chi connectivity index (χ0) is 33.9. The molecule has 12 heteroatoms. The molecule has 2 N–H and O–H groups in total. The van der Waals surface area contributed by atoms with Crippen LogP contribution in [-0.2, 0) is 20.7 Å². The van der Waals surface area contributed by atoms with Crippen molar-refractivity contribution >= 4 is 23.4 Å². The standard InChI is InChI=1S/C34H46F3N3O6/c1-23-20-40(24(2)22-41)33(44)28-19-27(38-31(42)18-26-11-6-5-7-12-26)13-14-29(28)46-25(3)10-8-9-17-45-30(23)21-39(4)32(43)15-16-34(35,36)37/h5-7,11-14,19,23-25,30,41H,8-10,15-18,20-22H2,1-4H3,(H,38,42)/t23-,24+,25+,30+/m0/s1. The van der Waals surface area contributed by atoms with Crippen LogP contribution < -0.4 is 10.1 Å². The Kier molecular flexibility index (Phi) is 13.9. The molecule has 3 rings (SSSR count). The molecule has 2 aromatic carbocycles. The molecule has 9 nitrogen and oxygen atoms in total. The van der Waals surface area contributed by atoms with Crippen LogP contribution in [0.3, 0.4) is 0 Å². The minimum Gasteiger partial charge on any atom is -0.490 e. The molecule has 0 radical (unpaired) electrons. The first-order valence-corrected chi connectivity index (χ1v) is 15.8. The lowest BCUT2D eigenvalue weighted by Gasteiger charge is -2.36. The van der Waals surface area contributed by atoms with Crippen molar-refractivity contribution in [3.05, 3.63) is 59.7 Å². The molecule has 3 amide bonds. The number of alkyl halides is 3. The van der Waals surface area contributed by atoms with Crippen molar-refractivity contribution in [2.24, 2.45) is 5.92 Å². The van der Waals surface area contributed by atoms with E-state index in [9.17, 15) is 32.7 Å². The van der Waals surface area contributed by atoms with Crippen LogP contribution in [0, 0.1) is 5.92 Å². The van der Waals surface area contributed by atoms with Crippen LogP contribution in [0.25, 0.3) is 0 Å². The first-order valence-electron chi connectivity index (χ1n) is 15.8. The molecule has 0 saturated carbocycles. The Labute approximate surface area is 269 Å². The number of likely N-dealkylation sites (N-methyl/N-ethyl adjacent to an activating group) is 1. The Morgan fingerprint density at radius 2 is 1.85 bits per heavy atom. The van der Waals surface area contributed by atoms with E-state index in [-0.39, 0.29) is 49.6 Å². The van der Waals surface area contributed by atoms with E-state index >= 15 is 0 Å². The lowest BCUT2D eigenvalue weighted by molar-refractivity contribution is -0.149. The average molecular weight is 650 g/mol. The van der Waals surface area contributed by atoms with Crippen molar-refractivity contribution in [3.8, 4) is 5.75 Å². The van der Waals surface area contributed by atoms with Crippen LogP contribution in [0.15, 0.2) is 48.5 Å². The van der Waals surface area contributed by atoms with Crippen LogP contribution >= 0.6 is 0 Å². The Balaban J connectivity index is 1.89. The van der Waals surface area contributed by atoms with Crippen molar-refractivity contribution in [1.82, 2.24) is 9.80 Å². The number of fused-ring (bicyclic) bond motifs is 1. The number of ether oxygens (including phenoxy) is 2. The number of anilines is 1. The molecule has 2 aromatic rings. The Hall–Kier alpha value is -3.64. The number of halogens is 3. The second kappa shape index (κ2) is 17.3. The Bertz CT molecular complexity index is 1290. The quantitative estimate of drug-likeness (QED) is 0.374. The van der Waals surface area contributed by atoms with Gasteiger partial charge in [-0.1, -0.05) is 37.3 Å². The van der Waals surface area contributed by atoms with E-state index in [1.807, 2.05) is 44.2 Å². The minimum atomic E-state index is -4.44. The number of aliphatic hydroxyl groups is 1. The van der Waals surface area contributed by atoms with Crippen molar-refractivity contribution in [3.63, 3.8) is 0 Å². The predicted octanol–water partition coefficient (Wildman–Crippen LogP) is 5.46. The fraction of sp³-hybridized carbons (Fsp3) is 0.559. The maximum absolute atomic E-state index is 14.2. The van der Waals surface area contributed by atoms with E-state index in [1.165, 1.54) is 16.8 Å². The molecular formula is C34H46F3N3O6. The number of hydrogen-bond acceptors (Lipinski definition) is 6. The van der Waals surface area contributed by atoms with Crippen molar-refractivity contribution in [1.29, 1.82) is 0 Å². The lowest BCUT2D eigenvalue weighted by Crippen LogP contribution is -2.48. The van der Waals surface area contributed by atoms with Crippen LogP contribution in [0.5, 0.6) is 5.75 Å².